The Morgan fingerprint density at radius 2 is 1.93 bits per heavy atom. The molecular formula is C21H23N3O3. The zero-order chi connectivity index (χ0) is 19.2. The maximum Gasteiger partial charge on any atom is 0.261 e. The third kappa shape index (κ3) is 4.41. The van der Waals surface area contributed by atoms with Gasteiger partial charge in [0.25, 0.3) is 5.56 Å². The fourth-order valence-electron chi connectivity index (χ4n) is 2.99. The molecule has 0 fully saturated rings. The standard InChI is InChI=1S/C21H23N3O3/c1-16-7-6-10-18-20(16)22-15-24(21(18)26)14-19(25)23(11-12-27-2)13-17-8-4-3-5-9-17/h3-10,15H,11-14H2,1-2H3. The summed E-state index contributed by atoms with van der Waals surface area (Å²) in [6.07, 6.45) is 1.45. The Kier molecular flexibility index (Phi) is 5.98. The highest BCUT2D eigenvalue weighted by molar-refractivity contribution is 5.81. The number of carbonyl (C=O) groups excluding carboxylic acids is 1. The van der Waals surface area contributed by atoms with Crippen molar-refractivity contribution in [3.63, 3.8) is 0 Å². The molecule has 0 bridgehead atoms. The molecule has 0 radical (unpaired) electrons. The number of hydrogen-bond acceptors (Lipinski definition) is 4. The highest BCUT2D eigenvalue weighted by atomic mass is 16.5. The van der Waals surface area contributed by atoms with Crippen molar-refractivity contribution < 1.29 is 9.53 Å². The molecule has 6 nitrogen and oxygen atoms in total. The Hall–Kier alpha value is -2.99. The van der Waals surface area contributed by atoms with Crippen LogP contribution in [0.1, 0.15) is 11.1 Å². The fraction of sp³-hybridized carbons (Fsp3) is 0.286. The highest BCUT2D eigenvalue weighted by Crippen LogP contribution is 2.11. The van der Waals surface area contributed by atoms with Crippen LogP contribution >= 0.6 is 0 Å². The Bertz CT molecular complexity index is 983. The minimum absolute atomic E-state index is 0.0493. The van der Waals surface area contributed by atoms with Crippen LogP contribution in [0, 0.1) is 6.92 Å². The quantitative estimate of drug-likeness (QED) is 0.645. The average Bonchev–Trinajstić information content (AvgIpc) is 2.68. The summed E-state index contributed by atoms with van der Waals surface area (Å²) in [4.78, 5) is 31.7. The predicted molar refractivity (Wildman–Crippen MR) is 104 cm³/mol. The zero-order valence-electron chi connectivity index (χ0n) is 15.6. The molecule has 0 aliphatic heterocycles. The van der Waals surface area contributed by atoms with Gasteiger partial charge in [0.05, 0.1) is 23.8 Å². The molecule has 0 atom stereocenters. The van der Waals surface area contributed by atoms with Gasteiger partial charge in [0.15, 0.2) is 0 Å². The number of aromatic nitrogens is 2. The van der Waals surface area contributed by atoms with Crippen molar-refractivity contribution in [1.29, 1.82) is 0 Å². The van der Waals surface area contributed by atoms with Crippen molar-refractivity contribution in [3.05, 3.63) is 76.3 Å². The number of ether oxygens (including phenoxy) is 1. The molecule has 0 saturated carbocycles. The molecule has 0 spiro atoms. The number of fused-ring (bicyclic) bond motifs is 1. The molecule has 0 aliphatic rings. The largest absolute Gasteiger partial charge is 0.383 e. The van der Waals surface area contributed by atoms with E-state index in [1.807, 2.05) is 49.4 Å². The van der Waals surface area contributed by atoms with E-state index in [0.717, 1.165) is 11.1 Å². The molecule has 2 aromatic carbocycles. The summed E-state index contributed by atoms with van der Waals surface area (Å²) in [5.74, 6) is -0.146. The number of carbonyl (C=O) groups is 1. The van der Waals surface area contributed by atoms with Crippen LogP contribution in [0.15, 0.2) is 59.7 Å². The van der Waals surface area contributed by atoms with Crippen molar-refractivity contribution in [3.8, 4) is 0 Å². The first-order valence-electron chi connectivity index (χ1n) is 8.85. The molecule has 1 aromatic heterocycles. The van der Waals surface area contributed by atoms with Crippen molar-refractivity contribution in [1.82, 2.24) is 14.5 Å². The molecule has 3 rings (SSSR count). The van der Waals surface area contributed by atoms with Crippen LogP contribution in [0.2, 0.25) is 0 Å². The Labute approximate surface area is 158 Å². The van der Waals surface area contributed by atoms with Crippen LogP contribution in [0.5, 0.6) is 0 Å². The van der Waals surface area contributed by atoms with E-state index >= 15 is 0 Å². The maximum atomic E-state index is 12.9. The van der Waals surface area contributed by atoms with Crippen LogP contribution in [0.4, 0.5) is 0 Å². The van der Waals surface area contributed by atoms with Gasteiger partial charge in [0.1, 0.15) is 6.54 Å². The summed E-state index contributed by atoms with van der Waals surface area (Å²) in [6.45, 7) is 3.22. The van der Waals surface area contributed by atoms with Gasteiger partial charge < -0.3 is 9.64 Å². The van der Waals surface area contributed by atoms with Crippen molar-refractivity contribution >= 4 is 16.8 Å². The lowest BCUT2D eigenvalue weighted by Gasteiger charge is -2.23. The van der Waals surface area contributed by atoms with E-state index in [-0.39, 0.29) is 18.0 Å². The minimum Gasteiger partial charge on any atom is -0.383 e. The van der Waals surface area contributed by atoms with Gasteiger partial charge in [-0.15, -0.1) is 0 Å². The molecule has 6 heteroatoms. The monoisotopic (exact) mass is 365 g/mol. The minimum atomic E-state index is -0.205. The summed E-state index contributed by atoms with van der Waals surface area (Å²) in [5, 5.41) is 0.525. The van der Waals surface area contributed by atoms with Gasteiger partial charge in [0.2, 0.25) is 5.91 Å². The molecule has 27 heavy (non-hydrogen) atoms. The van der Waals surface area contributed by atoms with E-state index in [1.165, 1.54) is 10.9 Å². The maximum absolute atomic E-state index is 12.9. The van der Waals surface area contributed by atoms with Gasteiger partial charge >= 0.3 is 0 Å². The highest BCUT2D eigenvalue weighted by Gasteiger charge is 2.16. The number of benzene rings is 2. The average molecular weight is 365 g/mol. The third-order valence-corrected chi connectivity index (χ3v) is 4.50. The molecule has 140 valence electrons. The van der Waals surface area contributed by atoms with E-state index in [4.69, 9.17) is 4.74 Å². The summed E-state index contributed by atoms with van der Waals surface area (Å²) >= 11 is 0. The van der Waals surface area contributed by atoms with Crippen molar-refractivity contribution in [2.24, 2.45) is 0 Å². The molecular weight excluding hydrogens is 342 g/mol. The summed E-state index contributed by atoms with van der Waals surface area (Å²) in [7, 11) is 1.60. The molecule has 0 saturated heterocycles. The molecule has 3 aromatic rings. The van der Waals surface area contributed by atoms with Crippen LogP contribution in [0.3, 0.4) is 0 Å². The van der Waals surface area contributed by atoms with E-state index in [0.29, 0.717) is 30.6 Å². The van der Waals surface area contributed by atoms with Crippen LogP contribution < -0.4 is 5.56 Å². The lowest BCUT2D eigenvalue weighted by molar-refractivity contribution is -0.133. The topological polar surface area (TPSA) is 64.4 Å². The van der Waals surface area contributed by atoms with Gasteiger partial charge in [0, 0.05) is 20.2 Å². The summed E-state index contributed by atoms with van der Waals surface area (Å²) < 4.78 is 6.50. The van der Waals surface area contributed by atoms with Gasteiger partial charge in [-0.25, -0.2) is 4.98 Å². The first-order chi connectivity index (χ1) is 13.1. The number of methoxy groups -OCH3 is 1. The van der Waals surface area contributed by atoms with E-state index in [2.05, 4.69) is 4.98 Å². The van der Waals surface area contributed by atoms with Crippen molar-refractivity contribution in [2.75, 3.05) is 20.3 Å². The Balaban J connectivity index is 1.83. The van der Waals surface area contributed by atoms with Gasteiger partial charge in [-0.3, -0.25) is 14.2 Å². The second-order valence-electron chi connectivity index (χ2n) is 6.44. The molecule has 0 unspecified atom stereocenters. The first-order valence-corrected chi connectivity index (χ1v) is 8.85. The van der Waals surface area contributed by atoms with E-state index in [1.54, 1.807) is 18.1 Å². The van der Waals surface area contributed by atoms with Gasteiger partial charge in [-0.1, -0.05) is 42.5 Å². The summed E-state index contributed by atoms with van der Waals surface area (Å²) in [5.41, 5.74) is 2.44. The second kappa shape index (κ2) is 8.60. The predicted octanol–water partition coefficient (Wildman–Crippen LogP) is 2.38. The van der Waals surface area contributed by atoms with Crippen LogP contribution in [-0.4, -0.2) is 40.6 Å². The van der Waals surface area contributed by atoms with Crippen molar-refractivity contribution in [2.45, 2.75) is 20.0 Å². The first kappa shape index (κ1) is 18.8. The van der Waals surface area contributed by atoms with Gasteiger partial charge in [-0.2, -0.15) is 0 Å². The molecule has 0 N–H and O–H groups in total. The zero-order valence-corrected chi connectivity index (χ0v) is 15.6. The molecule has 1 heterocycles. The number of amides is 1. The lowest BCUT2D eigenvalue weighted by atomic mass is 10.1. The Morgan fingerprint density at radius 1 is 1.15 bits per heavy atom. The van der Waals surface area contributed by atoms with E-state index < -0.39 is 0 Å². The Morgan fingerprint density at radius 3 is 2.67 bits per heavy atom. The number of nitrogens with zero attached hydrogens (tertiary/aromatic N) is 3. The number of aryl methyl sites for hydroxylation is 1. The number of rotatable bonds is 7. The van der Waals surface area contributed by atoms with E-state index in [9.17, 15) is 9.59 Å². The second-order valence-corrected chi connectivity index (χ2v) is 6.44. The normalized spacial score (nSPS) is 10.9. The van der Waals surface area contributed by atoms with Crippen LogP contribution in [-0.2, 0) is 22.6 Å². The smallest absolute Gasteiger partial charge is 0.261 e. The number of hydrogen-bond donors (Lipinski definition) is 0. The fourth-order valence-corrected chi connectivity index (χ4v) is 2.99. The number of para-hydroxylation sites is 1. The third-order valence-electron chi connectivity index (χ3n) is 4.50. The lowest BCUT2D eigenvalue weighted by Crippen LogP contribution is -2.38. The summed E-state index contributed by atoms with van der Waals surface area (Å²) in [6, 6.07) is 15.2. The van der Waals surface area contributed by atoms with Crippen LogP contribution in [0.25, 0.3) is 10.9 Å². The van der Waals surface area contributed by atoms with Gasteiger partial charge in [-0.05, 0) is 24.1 Å². The SMILES string of the molecule is COCCN(Cc1ccccc1)C(=O)Cn1cnc2c(C)cccc2c1=O. The molecule has 0 aliphatic carbocycles. The molecule has 1 amide bonds.